The Morgan fingerprint density at radius 3 is 2.77 bits per heavy atom. The Morgan fingerprint density at radius 1 is 1.23 bits per heavy atom. The van der Waals surface area contributed by atoms with E-state index in [4.69, 9.17) is 4.74 Å². The van der Waals surface area contributed by atoms with E-state index in [1.807, 2.05) is 31.2 Å². The van der Waals surface area contributed by atoms with Gasteiger partial charge in [0.05, 0.1) is 6.54 Å². The van der Waals surface area contributed by atoms with Gasteiger partial charge in [-0.1, -0.05) is 12.1 Å². The predicted octanol–water partition coefficient (Wildman–Crippen LogP) is 2.11. The predicted molar refractivity (Wildman–Crippen MR) is 118 cm³/mol. The van der Waals surface area contributed by atoms with E-state index in [0.29, 0.717) is 56.7 Å². The number of anilines is 2. The lowest BCUT2D eigenvalue weighted by atomic mass is 10.2. The summed E-state index contributed by atoms with van der Waals surface area (Å²) >= 11 is 1.42. The molecule has 1 saturated heterocycles. The lowest BCUT2D eigenvalue weighted by Crippen LogP contribution is -2.51. The summed E-state index contributed by atoms with van der Waals surface area (Å²) in [6.07, 6.45) is 0.804. The summed E-state index contributed by atoms with van der Waals surface area (Å²) in [6, 6.07) is 8.03. The molecule has 3 rings (SSSR count). The van der Waals surface area contributed by atoms with Crippen molar-refractivity contribution in [2.75, 3.05) is 58.3 Å². The summed E-state index contributed by atoms with van der Waals surface area (Å²) in [5.74, 6) is -0.0514. The number of rotatable bonds is 9. The zero-order valence-corrected chi connectivity index (χ0v) is 18.3. The summed E-state index contributed by atoms with van der Waals surface area (Å²) in [4.78, 5) is 33.1. The number of methoxy groups -OCH3 is 1. The maximum Gasteiger partial charge on any atom is 0.273 e. The number of carbonyl (C=O) groups is 2. The molecule has 30 heavy (non-hydrogen) atoms. The highest BCUT2D eigenvalue weighted by atomic mass is 32.1. The first-order valence-corrected chi connectivity index (χ1v) is 11.0. The normalized spacial score (nSPS) is 14.5. The van der Waals surface area contributed by atoms with Crippen molar-refractivity contribution in [3.05, 3.63) is 40.9 Å². The number of amides is 2. The Balaban J connectivity index is 1.44. The molecule has 1 aliphatic heterocycles. The van der Waals surface area contributed by atoms with E-state index in [2.05, 4.69) is 20.5 Å². The largest absolute Gasteiger partial charge is 0.385 e. The quantitative estimate of drug-likeness (QED) is 0.592. The van der Waals surface area contributed by atoms with Crippen LogP contribution in [0.5, 0.6) is 0 Å². The summed E-state index contributed by atoms with van der Waals surface area (Å²) in [6.45, 7) is 6.18. The average Bonchev–Trinajstić information content (AvgIpc) is 3.20. The molecule has 9 heteroatoms. The van der Waals surface area contributed by atoms with Gasteiger partial charge in [0.1, 0.15) is 5.69 Å². The molecule has 2 heterocycles. The van der Waals surface area contributed by atoms with E-state index < -0.39 is 0 Å². The molecule has 0 bridgehead atoms. The minimum atomic E-state index is -0.0628. The van der Waals surface area contributed by atoms with Crippen molar-refractivity contribution in [3.8, 4) is 0 Å². The standard InChI is InChI=1S/C21H29N5O3S/c1-16-5-3-6-17(13-16)23-21-24-18(15-30-21)20(28)26-10-8-25(9-11-26)14-19(27)22-7-4-12-29-2/h3,5-6,13,15H,4,7-12,14H2,1-2H3,(H,22,27)(H,23,24). The first kappa shape index (κ1) is 22.2. The van der Waals surface area contributed by atoms with Gasteiger partial charge in [0, 0.05) is 57.5 Å². The van der Waals surface area contributed by atoms with Crippen molar-refractivity contribution in [3.63, 3.8) is 0 Å². The zero-order chi connectivity index (χ0) is 21.3. The number of nitrogens with zero attached hydrogens (tertiary/aromatic N) is 3. The Hall–Kier alpha value is -2.49. The second-order valence-corrected chi connectivity index (χ2v) is 8.16. The van der Waals surface area contributed by atoms with Gasteiger partial charge < -0.3 is 20.3 Å². The van der Waals surface area contributed by atoms with Crippen LogP contribution in [0.1, 0.15) is 22.5 Å². The van der Waals surface area contributed by atoms with Gasteiger partial charge in [0.15, 0.2) is 5.13 Å². The highest BCUT2D eigenvalue weighted by Gasteiger charge is 2.24. The van der Waals surface area contributed by atoms with Crippen molar-refractivity contribution in [2.45, 2.75) is 13.3 Å². The fourth-order valence-electron chi connectivity index (χ4n) is 3.25. The van der Waals surface area contributed by atoms with Gasteiger partial charge in [0.2, 0.25) is 5.91 Å². The lowest BCUT2D eigenvalue weighted by Gasteiger charge is -2.33. The molecular formula is C21H29N5O3S. The molecule has 8 nitrogen and oxygen atoms in total. The molecule has 0 atom stereocenters. The van der Waals surface area contributed by atoms with Crippen LogP contribution in [0, 0.1) is 6.92 Å². The first-order chi connectivity index (χ1) is 14.5. The molecule has 2 aromatic rings. The highest BCUT2D eigenvalue weighted by Crippen LogP contribution is 2.22. The molecule has 1 aliphatic rings. The third-order valence-electron chi connectivity index (χ3n) is 4.87. The van der Waals surface area contributed by atoms with Gasteiger partial charge in [-0.2, -0.15) is 0 Å². The van der Waals surface area contributed by atoms with E-state index in [0.717, 1.165) is 17.7 Å². The van der Waals surface area contributed by atoms with Crippen LogP contribution in [0.2, 0.25) is 0 Å². The molecule has 0 radical (unpaired) electrons. The fourth-order valence-corrected chi connectivity index (χ4v) is 3.95. The topological polar surface area (TPSA) is 86.8 Å². The van der Waals surface area contributed by atoms with Gasteiger partial charge in [-0.3, -0.25) is 14.5 Å². The number of piperazine rings is 1. The van der Waals surface area contributed by atoms with Crippen LogP contribution in [0.4, 0.5) is 10.8 Å². The number of ether oxygens (including phenoxy) is 1. The van der Waals surface area contributed by atoms with Crippen LogP contribution in [-0.4, -0.2) is 79.6 Å². The number of aryl methyl sites for hydroxylation is 1. The first-order valence-electron chi connectivity index (χ1n) is 10.1. The minimum absolute atomic E-state index is 0.0113. The summed E-state index contributed by atoms with van der Waals surface area (Å²) in [7, 11) is 1.65. The lowest BCUT2D eigenvalue weighted by molar-refractivity contribution is -0.122. The summed E-state index contributed by atoms with van der Waals surface area (Å²) in [5, 5.41) is 8.64. The highest BCUT2D eigenvalue weighted by molar-refractivity contribution is 7.14. The van der Waals surface area contributed by atoms with E-state index in [1.54, 1.807) is 17.4 Å². The fraction of sp³-hybridized carbons (Fsp3) is 0.476. The minimum Gasteiger partial charge on any atom is -0.385 e. The Kier molecular flexibility index (Phi) is 8.18. The van der Waals surface area contributed by atoms with Crippen LogP contribution >= 0.6 is 11.3 Å². The Morgan fingerprint density at radius 2 is 2.03 bits per heavy atom. The molecule has 0 unspecified atom stereocenters. The number of thiazole rings is 1. The molecule has 1 aromatic heterocycles. The van der Waals surface area contributed by atoms with E-state index in [1.165, 1.54) is 11.3 Å². The van der Waals surface area contributed by atoms with Gasteiger partial charge >= 0.3 is 0 Å². The van der Waals surface area contributed by atoms with Crippen LogP contribution in [0.15, 0.2) is 29.6 Å². The number of hydrogen-bond donors (Lipinski definition) is 2. The molecular weight excluding hydrogens is 402 g/mol. The van der Waals surface area contributed by atoms with E-state index >= 15 is 0 Å². The summed E-state index contributed by atoms with van der Waals surface area (Å²) in [5.41, 5.74) is 2.58. The Labute approximate surface area is 181 Å². The second kappa shape index (κ2) is 11.1. The second-order valence-electron chi connectivity index (χ2n) is 7.30. The van der Waals surface area contributed by atoms with Crippen molar-refractivity contribution in [1.82, 2.24) is 20.1 Å². The smallest absolute Gasteiger partial charge is 0.273 e. The van der Waals surface area contributed by atoms with Crippen molar-refractivity contribution < 1.29 is 14.3 Å². The molecule has 1 fully saturated rings. The average molecular weight is 432 g/mol. The van der Waals surface area contributed by atoms with Crippen molar-refractivity contribution in [1.29, 1.82) is 0 Å². The molecule has 1 aromatic carbocycles. The number of hydrogen-bond acceptors (Lipinski definition) is 7. The SMILES string of the molecule is COCCCNC(=O)CN1CCN(C(=O)c2csc(Nc3cccc(C)c3)n2)CC1. The van der Waals surface area contributed by atoms with Crippen LogP contribution in [-0.2, 0) is 9.53 Å². The van der Waals surface area contributed by atoms with Crippen molar-refractivity contribution in [2.24, 2.45) is 0 Å². The monoisotopic (exact) mass is 431 g/mol. The van der Waals surface area contributed by atoms with Gasteiger partial charge in [-0.25, -0.2) is 4.98 Å². The van der Waals surface area contributed by atoms with Crippen LogP contribution in [0.25, 0.3) is 0 Å². The molecule has 2 N–H and O–H groups in total. The maximum atomic E-state index is 12.8. The van der Waals surface area contributed by atoms with Crippen molar-refractivity contribution >= 4 is 34.0 Å². The van der Waals surface area contributed by atoms with E-state index in [9.17, 15) is 9.59 Å². The van der Waals surface area contributed by atoms with E-state index in [-0.39, 0.29) is 11.8 Å². The molecule has 162 valence electrons. The molecule has 0 spiro atoms. The third kappa shape index (κ3) is 6.51. The van der Waals surface area contributed by atoms with Crippen LogP contribution in [0.3, 0.4) is 0 Å². The van der Waals surface area contributed by atoms with Gasteiger partial charge in [-0.15, -0.1) is 11.3 Å². The number of nitrogens with one attached hydrogen (secondary N) is 2. The number of carbonyl (C=O) groups excluding carboxylic acids is 2. The molecule has 0 aliphatic carbocycles. The third-order valence-corrected chi connectivity index (χ3v) is 5.62. The molecule has 0 saturated carbocycles. The Bertz CT molecular complexity index is 849. The van der Waals surface area contributed by atoms with Crippen LogP contribution < -0.4 is 10.6 Å². The van der Waals surface area contributed by atoms with Gasteiger partial charge in [0.25, 0.3) is 5.91 Å². The zero-order valence-electron chi connectivity index (χ0n) is 17.5. The molecule has 2 amide bonds. The van der Waals surface area contributed by atoms with Gasteiger partial charge in [-0.05, 0) is 31.0 Å². The number of aromatic nitrogens is 1. The summed E-state index contributed by atoms with van der Waals surface area (Å²) < 4.78 is 4.97. The number of benzene rings is 1. The maximum absolute atomic E-state index is 12.8.